The van der Waals surface area contributed by atoms with E-state index >= 15 is 0 Å². The molecular weight excluding hydrogens is 288 g/mol. The fourth-order valence-corrected chi connectivity index (χ4v) is 2.82. The Kier molecular flexibility index (Phi) is 1.96. The smallest absolute Gasteiger partial charge is 0.177 e. The van der Waals surface area contributed by atoms with Gasteiger partial charge in [0.15, 0.2) is 5.13 Å². The first kappa shape index (κ1) is 8.25. The molecule has 0 aliphatic rings. The van der Waals surface area contributed by atoms with Gasteiger partial charge in [-0.15, -0.1) is 11.3 Å². The van der Waals surface area contributed by atoms with Crippen LogP contribution < -0.4 is 5.73 Å². The minimum absolute atomic E-state index is 0.182. The third kappa shape index (κ3) is 1.29. The Morgan fingerprint density at radius 3 is 2.83 bits per heavy atom. The van der Waals surface area contributed by atoms with Crippen LogP contribution in [-0.4, -0.2) is 0 Å². The van der Waals surface area contributed by atoms with Gasteiger partial charge in [-0.05, 0) is 40.8 Å². The number of hydrogen-bond acceptors (Lipinski definition) is 2. The molecule has 4 heteroatoms. The summed E-state index contributed by atoms with van der Waals surface area (Å²) >= 11 is 3.30. The maximum absolute atomic E-state index is 12.8. The summed E-state index contributed by atoms with van der Waals surface area (Å²) in [7, 11) is 0. The molecule has 0 atom stereocenters. The number of rotatable bonds is 0. The van der Waals surface area contributed by atoms with Crippen molar-refractivity contribution in [3.05, 3.63) is 26.9 Å². The minimum Gasteiger partial charge on any atom is -0.398 e. The Morgan fingerprint density at radius 1 is 1.33 bits per heavy atom. The first-order valence-corrected chi connectivity index (χ1v) is 5.20. The van der Waals surface area contributed by atoms with E-state index in [-0.39, 0.29) is 5.13 Å². The number of thiophene rings is 1. The molecule has 1 aromatic carbocycles. The van der Waals surface area contributed by atoms with E-state index in [0.29, 0.717) is 5.69 Å². The summed E-state index contributed by atoms with van der Waals surface area (Å²) in [5.74, 6) is 0. The van der Waals surface area contributed by atoms with Crippen molar-refractivity contribution in [1.29, 1.82) is 0 Å². The van der Waals surface area contributed by atoms with Crippen LogP contribution in [0.2, 0.25) is 0 Å². The van der Waals surface area contributed by atoms with E-state index in [9.17, 15) is 4.39 Å². The second-order valence-electron chi connectivity index (χ2n) is 2.46. The van der Waals surface area contributed by atoms with Gasteiger partial charge in [0.1, 0.15) is 0 Å². The molecule has 2 aromatic rings. The van der Waals surface area contributed by atoms with Gasteiger partial charge in [-0.25, -0.2) is 0 Å². The maximum Gasteiger partial charge on any atom is 0.177 e. The summed E-state index contributed by atoms with van der Waals surface area (Å²) in [6.45, 7) is 0. The Labute approximate surface area is 86.5 Å². The predicted octanol–water partition coefficient (Wildman–Crippen LogP) is 3.23. The molecule has 2 rings (SSSR count). The van der Waals surface area contributed by atoms with Gasteiger partial charge >= 0.3 is 0 Å². The Hall–Kier alpha value is -0.360. The van der Waals surface area contributed by atoms with Gasteiger partial charge in [0.2, 0.25) is 0 Å². The van der Waals surface area contributed by atoms with Crippen LogP contribution in [0.4, 0.5) is 10.1 Å². The normalized spacial score (nSPS) is 10.8. The monoisotopic (exact) mass is 293 g/mol. The first-order chi connectivity index (χ1) is 5.66. The average Bonchev–Trinajstić information content (AvgIpc) is 2.29. The lowest BCUT2D eigenvalue weighted by atomic mass is 10.2. The first-order valence-electron chi connectivity index (χ1n) is 3.31. The average molecular weight is 293 g/mol. The molecule has 0 saturated carbocycles. The van der Waals surface area contributed by atoms with Crippen LogP contribution in [0.15, 0.2) is 18.2 Å². The molecule has 2 N–H and O–H groups in total. The standard InChI is InChI=1S/C8H5FINS/c9-8-3-5-6(11)1-4(10)2-7(5)12-8/h1-3H,11H2. The highest BCUT2D eigenvalue weighted by Crippen LogP contribution is 2.30. The van der Waals surface area contributed by atoms with E-state index in [1.54, 1.807) is 0 Å². The van der Waals surface area contributed by atoms with Crippen molar-refractivity contribution in [3.63, 3.8) is 0 Å². The zero-order valence-corrected chi connectivity index (χ0v) is 8.95. The molecule has 1 aromatic heterocycles. The van der Waals surface area contributed by atoms with Crippen molar-refractivity contribution in [2.75, 3.05) is 5.73 Å². The molecule has 12 heavy (non-hydrogen) atoms. The van der Waals surface area contributed by atoms with Crippen LogP contribution >= 0.6 is 33.9 Å². The van der Waals surface area contributed by atoms with E-state index in [1.165, 1.54) is 6.07 Å². The molecule has 1 heterocycles. The Morgan fingerprint density at radius 2 is 2.08 bits per heavy atom. The van der Waals surface area contributed by atoms with Crippen molar-refractivity contribution in [2.24, 2.45) is 0 Å². The second kappa shape index (κ2) is 2.85. The number of hydrogen-bond donors (Lipinski definition) is 1. The molecule has 0 unspecified atom stereocenters. The van der Waals surface area contributed by atoms with Crippen LogP contribution in [-0.2, 0) is 0 Å². The summed E-state index contributed by atoms with van der Waals surface area (Å²) in [5, 5.41) is 0.636. The van der Waals surface area contributed by atoms with Crippen molar-refractivity contribution >= 4 is 49.7 Å². The number of benzene rings is 1. The van der Waals surface area contributed by atoms with Gasteiger partial charge in [-0.3, -0.25) is 0 Å². The predicted molar refractivity (Wildman–Crippen MR) is 58.9 cm³/mol. The van der Waals surface area contributed by atoms with E-state index in [0.717, 1.165) is 25.0 Å². The summed E-state index contributed by atoms with van der Waals surface area (Å²) in [6.07, 6.45) is 0. The number of nitrogen functional groups attached to an aromatic ring is 1. The number of halogens is 2. The lowest BCUT2D eigenvalue weighted by Gasteiger charge is -1.95. The number of anilines is 1. The van der Waals surface area contributed by atoms with Crippen molar-refractivity contribution in [3.8, 4) is 0 Å². The molecule has 0 spiro atoms. The van der Waals surface area contributed by atoms with Gasteiger partial charge in [-0.2, -0.15) is 4.39 Å². The third-order valence-corrected chi connectivity index (χ3v) is 3.10. The van der Waals surface area contributed by atoms with Crippen molar-refractivity contribution < 1.29 is 4.39 Å². The van der Waals surface area contributed by atoms with Gasteiger partial charge in [0.05, 0.1) is 0 Å². The molecule has 0 radical (unpaired) electrons. The van der Waals surface area contributed by atoms with Crippen LogP contribution in [0.25, 0.3) is 10.1 Å². The molecule has 62 valence electrons. The lowest BCUT2D eigenvalue weighted by molar-refractivity contribution is 0.658. The van der Waals surface area contributed by atoms with Crippen LogP contribution in [0.1, 0.15) is 0 Å². The fourth-order valence-electron chi connectivity index (χ4n) is 1.10. The lowest BCUT2D eigenvalue weighted by Crippen LogP contribution is -1.85. The zero-order chi connectivity index (χ0) is 8.72. The molecule has 0 amide bonds. The number of nitrogens with two attached hydrogens (primary N) is 1. The Balaban J connectivity index is 2.88. The van der Waals surface area contributed by atoms with Gasteiger partial charge in [0, 0.05) is 19.3 Å². The molecule has 0 saturated heterocycles. The molecule has 0 fully saturated rings. The van der Waals surface area contributed by atoms with Gasteiger partial charge < -0.3 is 5.73 Å². The van der Waals surface area contributed by atoms with Crippen LogP contribution in [0.3, 0.4) is 0 Å². The van der Waals surface area contributed by atoms with E-state index in [1.807, 2.05) is 12.1 Å². The molecule has 0 aliphatic carbocycles. The molecule has 0 bridgehead atoms. The van der Waals surface area contributed by atoms with Gasteiger partial charge in [0.25, 0.3) is 0 Å². The minimum atomic E-state index is -0.182. The highest BCUT2D eigenvalue weighted by molar-refractivity contribution is 14.1. The van der Waals surface area contributed by atoms with E-state index in [2.05, 4.69) is 22.6 Å². The third-order valence-electron chi connectivity index (χ3n) is 1.60. The summed E-state index contributed by atoms with van der Waals surface area (Å²) in [6, 6.07) is 5.25. The Bertz CT molecular complexity index is 438. The fraction of sp³-hybridized carbons (Fsp3) is 0. The maximum atomic E-state index is 12.8. The topological polar surface area (TPSA) is 26.0 Å². The van der Waals surface area contributed by atoms with E-state index in [4.69, 9.17) is 5.73 Å². The summed E-state index contributed by atoms with van der Waals surface area (Å²) < 4.78 is 14.7. The summed E-state index contributed by atoms with van der Waals surface area (Å²) in [4.78, 5) is 0. The van der Waals surface area contributed by atoms with Crippen LogP contribution in [0.5, 0.6) is 0 Å². The second-order valence-corrected chi connectivity index (χ2v) is 4.74. The number of fused-ring (bicyclic) bond motifs is 1. The molecular formula is C8H5FINS. The SMILES string of the molecule is Nc1cc(I)cc2sc(F)cc12. The quantitative estimate of drug-likeness (QED) is 0.586. The summed E-state index contributed by atoms with van der Waals surface area (Å²) in [5.41, 5.74) is 6.36. The molecule has 0 aliphatic heterocycles. The van der Waals surface area contributed by atoms with E-state index < -0.39 is 0 Å². The highest BCUT2D eigenvalue weighted by atomic mass is 127. The largest absolute Gasteiger partial charge is 0.398 e. The van der Waals surface area contributed by atoms with Gasteiger partial charge in [-0.1, -0.05) is 0 Å². The van der Waals surface area contributed by atoms with Crippen molar-refractivity contribution in [2.45, 2.75) is 0 Å². The highest BCUT2D eigenvalue weighted by Gasteiger charge is 2.04. The molecule has 1 nitrogen and oxygen atoms in total. The van der Waals surface area contributed by atoms with Crippen molar-refractivity contribution in [1.82, 2.24) is 0 Å². The van der Waals surface area contributed by atoms with Crippen LogP contribution in [0, 0.1) is 8.70 Å². The zero-order valence-electron chi connectivity index (χ0n) is 5.97.